The number of carbonyl (C=O) groups excluding carboxylic acids is 1. The molecule has 1 amide bonds. The van der Waals surface area contributed by atoms with Crippen molar-refractivity contribution in [3.8, 4) is 0 Å². The molecule has 0 aliphatic carbocycles. The normalized spacial score (nSPS) is 11.7. The number of nitro groups is 1. The van der Waals surface area contributed by atoms with Gasteiger partial charge in [-0.3, -0.25) is 19.7 Å². The third-order valence-corrected chi connectivity index (χ3v) is 2.49. The van der Waals surface area contributed by atoms with Gasteiger partial charge in [0.25, 0.3) is 5.69 Å². The number of rotatable bonds is 5. The first-order valence-electron chi connectivity index (χ1n) is 5.32. The molecule has 0 saturated heterocycles. The molecule has 0 saturated carbocycles. The first-order chi connectivity index (χ1) is 8.82. The van der Waals surface area contributed by atoms with Crippen LogP contribution in [0.2, 0.25) is 0 Å². The predicted molar refractivity (Wildman–Crippen MR) is 66.7 cm³/mol. The van der Waals surface area contributed by atoms with Crippen LogP contribution < -0.4 is 10.6 Å². The van der Waals surface area contributed by atoms with Crippen molar-refractivity contribution in [2.24, 2.45) is 5.73 Å². The van der Waals surface area contributed by atoms with Crippen LogP contribution in [0.5, 0.6) is 0 Å². The van der Waals surface area contributed by atoms with Crippen molar-refractivity contribution in [3.05, 3.63) is 34.4 Å². The van der Waals surface area contributed by atoms with Gasteiger partial charge in [-0.1, -0.05) is 0 Å². The summed E-state index contributed by atoms with van der Waals surface area (Å²) in [5, 5.41) is 19.0. The van der Waals surface area contributed by atoms with E-state index < -0.39 is 29.3 Å². The Labute approximate surface area is 108 Å². The zero-order valence-corrected chi connectivity index (χ0v) is 10.1. The summed E-state index contributed by atoms with van der Waals surface area (Å²) in [6, 6.07) is 4.13. The van der Waals surface area contributed by atoms with Crippen molar-refractivity contribution < 1.29 is 19.6 Å². The highest BCUT2D eigenvalue weighted by Crippen LogP contribution is 2.18. The minimum Gasteiger partial charge on any atom is -0.481 e. The van der Waals surface area contributed by atoms with Gasteiger partial charge in [0.15, 0.2) is 0 Å². The van der Waals surface area contributed by atoms with Crippen molar-refractivity contribution >= 4 is 23.3 Å². The van der Waals surface area contributed by atoms with Gasteiger partial charge in [-0.05, 0) is 12.1 Å². The number of non-ortho nitro benzene ring substituents is 1. The molecule has 8 nitrogen and oxygen atoms in total. The van der Waals surface area contributed by atoms with E-state index in [1.807, 2.05) is 0 Å². The second-order valence-corrected chi connectivity index (χ2v) is 3.88. The van der Waals surface area contributed by atoms with Crippen LogP contribution in [0.25, 0.3) is 0 Å². The van der Waals surface area contributed by atoms with Crippen molar-refractivity contribution in [2.45, 2.75) is 12.5 Å². The van der Waals surface area contributed by atoms with E-state index in [0.29, 0.717) is 5.69 Å². The molecule has 1 atom stereocenters. The van der Waals surface area contributed by atoms with Crippen LogP contribution in [0.15, 0.2) is 24.3 Å². The molecule has 3 N–H and O–H groups in total. The lowest BCUT2D eigenvalue weighted by Crippen LogP contribution is -2.43. The number of amides is 1. The summed E-state index contributed by atoms with van der Waals surface area (Å²) < 4.78 is 0. The van der Waals surface area contributed by atoms with Crippen molar-refractivity contribution in [1.29, 1.82) is 0 Å². The number of nitrogens with zero attached hydrogens (tertiary/aromatic N) is 2. The summed E-state index contributed by atoms with van der Waals surface area (Å²) >= 11 is 0. The van der Waals surface area contributed by atoms with Crippen LogP contribution >= 0.6 is 0 Å². The number of benzene rings is 1. The highest BCUT2D eigenvalue weighted by molar-refractivity contribution is 5.98. The molecule has 0 fully saturated rings. The number of nitro benzene ring substituents is 1. The number of aliphatic carboxylic acids is 1. The maximum Gasteiger partial charge on any atom is 0.305 e. The molecule has 8 heteroatoms. The molecule has 0 aliphatic rings. The molecular formula is C11H13N3O5. The molecule has 0 aromatic heterocycles. The number of carboxylic acid groups (broad SMARTS) is 1. The van der Waals surface area contributed by atoms with E-state index in [4.69, 9.17) is 10.8 Å². The van der Waals surface area contributed by atoms with E-state index in [9.17, 15) is 19.7 Å². The Kier molecular flexibility index (Phi) is 4.54. The lowest BCUT2D eigenvalue weighted by atomic mass is 10.2. The summed E-state index contributed by atoms with van der Waals surface area (Å²) in [6.45, 7) is 0. The van der Waals surface area contributed by atoms with E-state index >= 15 is 0 Å². The van der Waals surface area contributed by atoms with E-state index in [-0.39, 0.29) is 5.69 Å². The number of hydrogen-bond donors (Lipinski definition) is 2. The fourth-order valence-electron chi connectivity index (χ4n) is 1.45. The fourth-order valence-corrected chi connectivity index (χ4v) is 1.45. The smallest absolute Gasteiger partial charge is 0.305 e. The van der Waals surface area contributed by atoms with Gasteiger partial charge in [0, 0.05) is 24.9 Å². The number of carbonyl (C=O) groups is 2. The first-order valence-corrected chi connectivity index (χ1v) is 5.32. The SMILES string of the molecule is CN(C(=O)C(N)CC(=O)O)c1ccc([N+](=O)[O-])cc1. The Balaban J connectivity index is 2.82. The van der Waals surface area contributed by atoms with Gasteiger partial charge in [-0.2, -0.15) is 0 Å². The van der Waals surface area contributed by atoms with Crippen LogP contribution in [-0.4, -0.2) is 35.0 Å². The zero-order chi connectivity index (χ0) is 14.6. The standard InChI is InChI=1S/C11H13N3O5/c1-13(11(17)9(12)6-10(15)16)7-2-4-8(5-3-7)14(18)19/h2-5,9H,6,12H2,1H3,(H,15,16). The highest BCUT2D eigenvalue weighted by Gasteiger charge is 2.22. The minimum absolute atomic E-state index is 0.0977. The Hall–Kier alpha value is -2.48. The molecule has 0 bridgehead atoms. The van der Waals surface area contributed by atoms with Crippen LogP contribution in [-0.2, 0) is 9.59 Å². The molecule has 1 rings (SSSR count). The molecule has 1 unspecified atom stereocenters. The zero-order valence-electron chi connectivity index (χ0n) is 10.1. The molecule has 0 heterocycles. The minimum atomic E-state index is -1.17. The third kappa shape index (κ3) is 3.75. The van der Waals surface area contributed by atoms with Gasteiger partial charge < -0.3 is 15.7 Å². The highest BCUT2D eigenvalue weighted by atomic mass is 16.6. The lowest BCUT2D eigenvalue weighted by Gasteiger charge is -2.20. The molecule has 19 heavy (non-hydrogen) atoms. The number of nitrogens with two attached hydrogens (primary N) is 1. The Morgan fingerprint density at radius 1 is 1.42 bits per heavy atom. The van der Waals surface area contributed by atoms with E-state index in [1.165, 1.54) is 31.3 Å². The topological polar surface area (TPSA) is 127 Å². The monoisotopic (exact) mass is 267 g/mol. The first kappa shape index (κ1) is 14.6. The van der Waals surface area contributed by atoms with E-state index in [1.54, 1.807) is 0 Å². The molecule has 0 spiro atoms. The second kappa shape index (κ2) is 5.91. The van der Waals surface area contributed by atoms with Gasteiger partial charge in [-0.25, -0.2) is 0 Å². The Bertz CT molecular complexity index is 500. The maximum atomic E-state index is 11.8. The largest absolute Gasteiger partial charge is 0.481 e. The molecule has 102 valence electrons. The van der Waals surface area contributed by atoms with Crippen LogP contribution in [0.3, 0.4) is 0 Å². The summed E-state index contributed by atoms with van der Waals surface area (Å²) in [4.78, 5) is 33.4. The van der Waals surface area contributed by atoms with Crippen LogP contribution in [0.4, 0.5) is 11.4 Å². The van der Waals surface area contributed by atoms with Gasteiger partial charge in [0.2, 0.25) is 5.91 Å². The van der Waals surface area contributed by atoms with Gasteiger partial charge >= 0.3 is 5.97 Å². The number of hydrogen-bond acceptors (Lipinski definition) is 5. The van der Waals surface area contributed by atoms with E-state index in [2.05, 4.69) is 0 Å². The maximum absolute atomic E-state index is 11.8. The number of carboxylic acids is 1. The Morgan fingerprint density at radius 3 is 2.37 bits per heavy atom. The molecule has 0 aliphatic heterocycles. The van der Waals surface area contributed by atoms with E-state index in [0.717, 1.165) is 4.90 Å². The number of likely N-dealkylation sites (N-methyl/N-ethyl adjacent to an activating group) is 1. The van der Waals surface area contributed by atoms with Crippen molar-refractivity contribution in [3.63, 3.8) is 0 Å². The summed E-state index contributed by atoms with van der Waals surface area (Å²) in [5.74, 6) is -1.74. The second-order valence-electron chi connectivity index (χ2n) is 3.88. The third-order valence-electron chi connectivity index (χ3n) is 2.49. The molecule has 0 radical (unpaired) electrons. The van der Waals surface area contributed by atoms with Gasteiger partial charge in [-0.15, -0.1) is 0 Å². The summed E-state index contributed by atoms with van der Waals surface area (Å²) in [5.41, 5.74) is 5.76. The molecule has 1 aromatic carbocycles. The average molecular weight is 267 g/mol. The van der Waals surface area contributed by atoms with Crippen molar-refractivity contribution in [1.82, 2.24) is 0 Å². The fraction of sp³-hybridized carbons (Fsp3) is 0.273. The quantitative estimate of drug-likeness (QED) is 0.585. The average Bonchev–Trinajstić information content (AvgIpc) is 2.36. The van der Waals surface area contributed by atoms with Crippen LogP contribution in [0, 0.1) is 10.1 Å². The number of anilines is 1. The summed E-state index contributed by atoms with van der Waals surface area (Å²) in [7, 11) is 1.42. The predicted octanol–water partition coefficient (Wildman–Crippen LogP) is 0.360. The lowest BCUT2D eigenvalue weighted by molar-refractivity contribution is -0.384. The molecule has 1 aromatic rings. The van der Waals surface area contributed by atoms with Crippen molar-refractivity contribution in [2.75, 3.05) is 11.9 Å². The summed E-state index contributed by atoms with van der Waals surface area (Å²) in [6.07, 6.45) is -0.476. The van der Waals surface area contributed by atoms with Gasteiger partial charge in [0.1, 0.15) is 0 Å². The Morgan fingerprint density at radius 2 is 1.95 bits per heavy atom. The van der Waals surface area contributed by atoms with Crippen LogP contribution in [0.1, 0.15) is 6.42 Å². The van der Waals surface area contributed by atoms with Gasteiger partial charge in [0.05, 0.1) is 17.4 Å². The molecular weight excluding hydrogens is 254 g/mol.